The van der Waals surface area contributed by atoms with E-state index in [1.807, 2.05) is 36.4 Å². The molecule has 15 heavy (non-hydrogen) atoms. The summed E-state index contributed by atoms with van der Waals surface area (Å²) in [6, 6.07) is 11.5. The average Bonchev–Trinajstić information content (AvgIpc) is 2.30. The molecule has 3 heteroatoms. The fourth-order valence-electron chi connectivity index (χ4n) is 1.33. The van der Waals surface area contributed by atoms with Gasteiger partial charge in [-0.1, -0.05) is 35.9 Å². The molecule has 0 aliphatic carbocycles. The van der Waals surface area contributed by atoms with Crippen molar-refractivity contribution in [3.05, 3.63) is 53.2 Å². The molecule has 0 fully saturated rings. The van der Waals surface area contributed by atoms with Gasteiger partial charge in [-0.25, -0.2) is 0 Å². The summed E-state index contributed by atoms with van der Waals surface area (Å²) in [6.07, 6.45) is 1.77. The summed E-state index contributed by atoms with van der Waals surface area (Å²) < 4.78 is 0. The molecule has 0 amide bonds. The van der Waals surface area contributed by atoms with Crippen molar-refractivity contribution in [3.8, 4) is 11.3 Å². The van der Waals surface area contributed by atoms with Gasteiger partial charge >= 0.3 is 0 Å². The van der Waals surface area contributed by atoms with E-state index in [1.54, 1.807) is 6.20 Å². The second kappa shape index (κ2) is 4.65. The molecular weight excluding hydrogens is 229 g/mol. The predicted molar refractivity (Wildman–Crippen MR) is 64.2 cm³/mol. The fourth-order valence-corrected chi connectivity index (χ4v) is 1.72. The molecule has 0 atom stereocenters. The van der Waals surface area contributed by atoms with Crippen LogP contribution >= 0.6 is 23.2 Å². The van der Waals surface area contributed by atoms with Crippen molar-refractivity contribution >= 4 is 23.2 Å². The molecule has 0 unspecified atom stereocenters. The standard InChI is InChI=1S/C12H9Cl2N/c13-7-9-5-6-12(15-8-9)10-3-1-2-4-11(10)14/h1-6,8H,7H2. The highest BCUT2D eigenvalue weighted by atomic mass is 35.5. The largest absolute Gasteiger partial charge is 0.256 e. The molecule has 0 radical (unpaired) electrons. The van der Waals surface area contributed by atoms with Crippen LogP contribution in [-0.4, -0.2) is 4.98 Å². The van der Waals surface area contributed by atoms with E-state index in [9.17, 15) is 0 Å². The second-order valence-electron chi connectivity index (χ2n) is 3.17. The summed E-state index contributed by atoms with van der Waals surface area (Å²) in [4.78, 5) is 4.31. The van der Waals surface area contributed by atoms with Crippen LogP contribution in [0.3, 0.4) is 0 Å². The Balaban J connectivity index is 2.42. The maximum Gasteiger partial charge on any atom is 0.0717 e. The Morgan fingerprint density at radius 2 is 1.87 bits per heavy atom. The van der Waals surface area contributed by atoms with E-state index >= 15 is 0 Å². The number of rotatable bonds is 2. The Labute approximate surface area is 98.7 Å². The SMILES string of the molecule is ClCc1ccc(-c2ccccc2Cl)nc1. The summed E-state index contributed by atoms with van der Waals surface area (Å²) in [5.74, 6) is 0.482. The molecule has 2 aromatic rings. The highest BCUT2D eigenvalue weighted by Gasteiger charge is 2.03. The summed E-state index contributed by atoms with van der Waals surface area (Å²) in [5, 5.41) is 0.712. The first-order chi connectivity index (χ1) is 7.31. The van der Waals surface area contributed by atoms with Gasteiger partial charge in [-0.15, -0.1) is 11.6 Å². The average molecular weight is 238 g/mol. The fraction of sp³-hybridized carbons (Fsp3) is 0.0833. The zero-order valence-electron chi connectivity index (χ0n) is 7.95. The van der Waals surface area contributed by atoms with E-state index in [2.05, 4.69) is 4.98 Å². The van der Waals surface area contributed by atoms with Crippen molar-refractivity contribution in [2.24, 2.45) is 0 Å². The molecule has 76 valence electrons. The van der Waals surface area contributed by atoms with Crippen molar-refractivity contribution in [1.82, 2.24) is 4.98 Å². The molecule has 0 aliphatic rings. The zero-order chi connectivity index (χ0) is 10.7. The maximum absolute atomic E-state index is 6.07. The number of halogens is 2. The quantitative estimate of drug-likeness (QED) is 0.716. The molecule has 0 aliphatic heterocycles. The first-order valence-electron chi connectivity index (χ1n) is 4.57. The Kier molecular flexibility index (Phi) is 3.24. The zero-order valence-corrected chi connectivity index (χ0v) is 9.46. The molecule has 1 heterocycles. The van der Waals surface area contributed by atoms with Gasteiger partial charge in [0.1, 0.15) is 0 Å². The molecule has 0 bridgehead atoms. The van der Waals surface area contributed by atoms with E-state index in [0.29, 0.717) is 10.9 Å². The van der Waals surface area contributed by atoms with Crippen LogP contribution in [0.15, 0.2) is 42.6 Å². The summed E-state index contributed by atoms with van der Waals surface area (Å²) in [6.45, 7) is 0. The normalized spacial score (nSPS) is 10.3. The van der Waals surface area contributed by atoms with E-state index < -0.39 is 0 Å². The third-order valence-electron chi connectivity index (χ3n) is 2.13. The summed E-state index contributed by atoms with van der Waals surface area (Å²) in [5.41, 5.74) is 2.82. The monoisotopic (exact) mass is 237 g/mol. The number of hydrogen-bond donors (Lipinski definition) is 0. The number of pyridine rings is 1. The highest BCUT2D eigenvalue weighted by Crippen LogP contribution is 2.25. The van der Waals surface area contributed by atoms with Gasteiger partial charge in [-0.05, 0) is 17.7 Å². The predicted octanol–water partition coefficient (Wildman–Crippen LogP) is 4.14. The Morgan fingerprint density at radius 1 is 1.07 bits per heavy atom. The maximum atomic E-state index is 6.07. The lowest BCUT2D eigenvalue weighted by molar-refractivity contribution is 1.25. The van der Waals surface area contributed by atoms with E-state index in [4.69, 9.17) is 23.2 Å². The molecule has 0 saturated carbocycles. The van der Waals surface area contributed by atoms with Crippen molar-refractivity contribution in [2.45, 2.75) is 5.88 Å². The topological polar surface area (TPSA) is 12.9 Å². The molecule has 2 rings (SSSR count). The number of hydrogen-bond acceptors (Lipinski definition) is 1. The number of benzene rings is 1. The molecule has 0 spiro atoms. The molecule has 1 nitrogen and oxygen atoms in total. The first kappa shape index (κ1) is 10.5. The first-order valence-corrected chi connectivity index (χ1v) is 5.48. The van der Waals surface area contributed by atoms with Gasteiger partial charge in [0, 0.05) is 22.7 Å². The van der Waals surface area contributed by atoms with Crippen LogP contribution in [0.2, 0.25) is 5.02 Å². The van der Waals surface area contributed by atoms with Gasteiger partial charge in [0.2, 0.25) is 0 Å². The van der Waals surface area contributed by atoms with Crippen LogP contribution < -0.4 is 0 Å². The molecular formula is C12H9Cl2N. The van der Waals surface area contributed by atoms with Gasteiger partial charge in [0.25, 0.3) is 0 Å². The van der Waals surface area contributed by atoms with E-state index in [1.165, 1.54) is 0 Å². The number of aromatic nitrogens is 1. The molecule has 0 N–H and O–H groups in total. The van der Waals surface area contributed by atoms with Gasteiger partial charge in [-0.2, -0.15) is 0 Å². The second-order valence-corrected chi connectivity index (χ2v) is 3.84. The van der Waals surface area contributed by atoms with Crippen LogP contribution in [-0.2, 0) is 5.88 Å². The Bertz CT molecular complexity index is 451. The molecule has 1 aromatic heterocycles. The Morgan fingerprint density at radius 3 is 2.47 bits per heavy atom. The number of nitrogens with zero attached hydrogens (tertiary/aromatic N) is 1. The highest BCUT2D eigenvalue weighted by molar-refractivity contribution is 6.33. The minimum Gasteiger partial charge on any atom is -0.256 e. The van der Waals surface area contributed by atoms with Crippen molar-refractivity contribution in [2.75, 3.05) is 0 Å². The molecule has 1 aromatic carbocycles. The van der Waals surface area contributed by atoms with Crippen LogP contribution in [0.25, 0.3) is 11.3 Å². The lowest BCUT2D eigenvalue weighted by atomic mass is 10.1. The van der Waals surface area contributed by atoms with Crippen LogP contribution in [0.5, 0.6) is 0 Å². The van der Waals surface area contributed by atoms with Gasteiger partial charge in [0.05, 0.1) is 5.69 Å². The minimum atomic E-state index is 0.482. The smallest absolute Gasteiger partial charge is 0.0717 e. The minimum absolute atomic E-state index is 0.482. The third-order valence-corrected chi connectivity index (χ3v) is 2.77. The van der Waals surface area contributed by atoms with Crippen LogP contribution in [0.4, 0.5) is 0 Å². The van der Waals surface area contributed by atoms with E-state index in [-0.39, 0.29) is 0 Å². The van der Waals surface area contributed by atoms with Crippen molar-refractivity contribution in [3.63, 3.8) is 0 Å². The van der Waals surface area contributed by atoms with Crippen molar-refractivity contribution < 1.29 is 0 Å². The van der Waals surface area contributed by atoms with Gasteiger partial charge < -0.3 is 0 Å². The van der Waals surface area contributed by atoms with Gasteiger partial charge in [-0.3, -0.25) is 4.98 Å². The van der Waals surface area contributed by atoms with Crippen molar-refractivity contribution in [1.29, 1.82) is 0 Å². The Hall–Kier alpha value is -1.05. The summed E-state index contributed by atoms with van der Waals surface area (Å²) >= 11 is 11.8. The van der Waals surface area contributed by atoms with Crippen LogP contribution in [0, 0.1) is 0 Å². The lowest BCUT2D eigenvalue weighted by Crippen LogP contribution is -1.86. The van der Waals surface area contributed by atoms with Crippen LogP contribution in [0.1, 0.15) is 5.56 Å². The third kappa shape index (κ3) is 2.31. The van der Waals surface area contributed by atoms with Gasteiger partial charge in [0.15, 0.2) is 0 Å². The number of alkyl halides is 1. The molecule has 0 saturated heterocycles. The summed E-state index contributed by atoms with van der Waals surface area (Å²) in [7, 11) is 0. The van der Waals surface area contributed by atoms with E-state index in [0.717, 1.165) is 16.8 Å². The lowest BCUT2D eigenvalue weighted by Gasteiger charge is -2.03.